The summed E-state index contributed by atoms with van der Waals surface area (Å²) in [5.74, 6) is -24.8. The van der Waals surface area contributed by atoms with E-state index in [9.17, 15) is 43.9 Å². The molecule has 3 rings (SSSR count). The molecule has 0 saturated heterocycles. The maximum Gasteiger partial charge on any atom is 0.206 e. The molecule has 2 aromatic rings. The average Bonchev–Trinajstić information content (AvgIpc) is 2.87. The van der Waals surface area contributed by atoms with Gasteiger partial charge in [0, 0.05) is 19.1 Å². The minimum atomic E-state index is -2.33. The molecule has 1 fully saturated rings. The Morgan fingerprint density at radius 2 is 0.757 bits per heavy atom. The van der Waals surface area contributed by atoms with E-state index >= 15 is 0 Å². The monoisotopic (exact) mass is 547 g/mol. The van der Waals surface area contributed by atoms with E-state index in [4.69, 9.17) is 9.47 Å². The zero-order valence-electron chi connectivity index (χ0n) is 19.4. The first kappa shape index (κ1) is 28.9. The van der Waals surface area contributed by atoms with Gasteiger partial charge < -0.3 is 9.47 Å². The lowest BCUT2D eigenvalue weighted by atomic mass is 9.95. The van der Waals surface area contributed by atoms with Crippen molar-refractivity contribution in [2.24, 2.45) is 0 Å². The van der Waals surface area contributed by atoms with Gasteiger partial charge in [0.2, 0.25) is 58.2 Å². The smallest absolute Gasteiger partial charge is 0.206 e. The van der Waals surface area contributed by atoms with Crippen molar-refractivity contribution >= 4 is 0 Å². The quantitative estimate of drug-likeness (QED) is 0.193. The van der Waals surface area contributed by atoms with Crippen LogP contribution < -0.4 is 9.47 Å². The van der Waals surface area contributed by atoms with Crippen LogP contribution in [0.25, 0.3) is 0 Å². The number of rotatable bonds is 9. The molecule has 0 aromatic heterocycles. The van der Waals surface area contributed by atoms with E-state index < -0.39 is 82.9 Å². The van der Waals surface area contributed by atoms with Gasteiger partial charge in [0.25, 0.3) is 0 Å². The Labute approximate surface area is 206 Å². The molecule has 0 bridgehead atoms. The fraction of sp³-hybridized carbons (Fsp3) is 0.500. The number of hydrogen-bond acceptors (Lipinski definition) is 3. The lowest BCUT2D eigenvalue weighted by Gasteiger charge is -2.33. The van der Waals surface area contributed by atoms with Gasteiger partial charge in [0.15, 0.2) is 11.5 Å². The molecule has 0 spiro atoms. The number of hydrogen-bond donors (Lipinski definition) is 0. The van der Waals surface area contributed by atoms with Crippen molar-refractivity contribution in [1.82, 2.24) is 4.90 Å². The van der Waals surface area contributed by atoms with Crippen molar-refractivity contribution < 1.29 is 53.4 Å². The van der Waals surface area contributed by atoms with E-state index in [1.807, 2.05) is 0 Å². The molecule has 1 saturated carbocycles. The van der Waals surface area contributed by atoms with E-state index in [1.165, 1.54) is 0 Å². The molecule has 0 aliphatic heterocycles. The maximum atomic E-state index is 13.9. The highest BCUT2D eigenvalue weighted by Gasteiger charge is 2.29. The second-order valence-electron chi connectivity index (χ2n) is 8.53. The molecule has 0 radical (unpaired) electrons. The first-order chi connectivity index (χ1) is 17.6. The third-order valence-electron chi connectivity index (χ3n) is 6.18. The van der Waals surface area contributed by atoms with Gasteiger partial charge >= 0.3 is 0 Å². The Morgan fingerprint density at radius 1 is 0.459 bits per heavy atom. The molecule has 3 nitrogen and oxygen atoms in total. The summed E-state index contributed by atoms with van der Waals surface area (Å²) in [5.41, 5.74) is 0. The molecule has 0 unspecified atom stereocenters. The Balaban J connectivity index is 1.73. The Morgan fingerprint density at radius 3 is 1.11 bits per heavy atom. The highest BCUT2D eigenvalue weighted by Crippen LogP contribution is 2.31. The van der Waals surface area contributed by atoms with Gasteiger partial charge in [-0.2, -0.15) is 17.6 Å². The summed E-state index contributed by atoms with van der Waals surface area (Å²) in [6.45, 7) is -1.30. The SMILES string of the molecule is Fc1c(F)c(F)c(OCCN(CCOc2c(F)c(F)c(F)c(F)c2F)C2CCCCCCC2)c(F)c1F. The fourth-order valence-electron chi connectivity index (χ4n) is 4.23. The first-order valence-corrected chi connectivity index (χ1v) is 11.6. The topological polar surface area (TPSA) is 21.7 Å². The zero-order valence-corrected chi connectivity index (χ0v) is 19.4. The van der Waals surface area contributed by atoms with Crippen LogP contribution in [-0.4, -0.2) is 37.2 Å². The summed E-state index contributed by atoms with van der Waals surface area (Å²) >= 11 is 0. The maximum absolute atomic E-state index is 13.9. The van der Waals surface area contributed by atoms with E-state index in [-0.39, 0.29) is 19.1 Å². The molecule has 0 N–H and O–H groups in total. The molecule has 0 amide bonds. The average molecular weight is 547 g/mol. The number of ether oxygens (including phenoxy) is 2. The number of benzene rings is 2. The van der Waals surface area contributed by atoms with Crippen molar-refractivity contribution in [3.63, 3.8) is 0 Å². The standard InChI is InChI=1S/C24H23F10NO2/c25-13-15(27)19(31)23(20(32)16(13)28)36-10-8-35(12-6-4-2-1-3-5-7-12)9-11-37-24-21(33)17(29)14(26)18(30)22(24)34/h12H,1-11H2. The van der Waals surface area contributed by atoms with Gasteiger partial charge in [-0.3, -0.25) is 4.90 Å². The summed E-state index contributed by atoms with van der Waals surface area (Å²) in [6.07, 6.45) is 5.85. The number of halogens is 10. The second-order valence-corrected chi connectivity index (χ2v) is 8.53. The normalized spacial score (nSPS) is 15.1. The largest absolute Gasteiger partial charge is 0.486 e. The molecule has 0 atom stereocenters. The molecule has 2 aromatic carbocycles. The predicted molar refractivity (Wildman–Crippen MR) is 111 cm³/mol. The summed E-state index contributed by atoms with van der Waals surface area (Å²) in [4.78, 5) is 1.66. The van der Waals surface area contributed by atoms with Crippen molar-refractivity contribution in [1.29, 1.82) is 0 Å². The van der Waals surface area contributed by atoms with Crippen LogP contribution in [0, 0.1) is 58.2 Å². The molecule has 1 aliphatic carbocycles. The van der Waals surface area contributed by atoms with Crippen molar-refractivity contribution in [2.45, 2.75) is 51.0 Å². The molecular formula is C24H23F10NO2. The van der Waals surface area contributed by atoms with Crippen LogP contribution in [0.5, 0.6) is 11.5 Å². The van der Waals surface area contributed by atoms with E-state index in [0.29, 0.717) is 12.8 Å². The molecule has 37 heavy (non-hydrogen) atoms. The van der Waals surface area contributed by atoms with Gasteiger partial charge in [-0.1, -0.05) is 32.1 Å². The van der Waals surface area contributed by atoms with Gasteiger partial charge in [-0.15, -0.1) is 0 Å². The second kappa shape index (κ2) is 12.7. The van der Waals surface area contributed by atoms with Gasteiger partial charge in [0.05, 0.1) is 0 Å². The Kier molecular flexibility index (Phi) is 9.91. The van der Waals surface area contributed by atoms with Crippen LogP contribution in [0.2, 0.25) is 0 Å². The minimum Gasteiger partial charge on any atom is -0.486 e. The van der Waals surface area contributed by atoms with Crippen LogP contribution in [0.15, 0.2) is 0 Å². The minimum absolute atomic E-state index is 0.120. The molecule has 13 heteroatoms. The van der Waals surface area contributed by atoms with Crippen LogP contribution >= 0.6 is 0 Å². The van der Waals surface area contributed by atoms with E-state index in [0.717, 1.165) is 32.1 Å². The molecule has 206 valence electrons. The van der Waals surface area contributed by atoms with E-state index in [1.54, 1.807) is 4.90 Å². The predicted octanol–water partition coefficient (Wildman–Crippen LogP) is 6.95. The third-order valence-corrected chi connectivity index (χ3v) is 6.18. The van der Waals surface area contributed by atoms with Crippen LogP contribution in [0.3, 0.4) is 0 Å². The van der Waals surface area contributed by atoms with Gasteiger partial charge in [0.1, 0.15) is 13.2 Å². The van der Waals surface area contributed by atoms with Crippen LogP contribution in [0.1, 0.15) is 44.9 Å². The zero-order chi connectivity index (χ0) is 27.3. The van der Waals surface area contributed by atoms with Gasteiger partial charge in [-0.05, 0) is 12.8 Å². The molecular weight excluding hydrogens is 524 g/mol. The number of nitrogens with zero attached hydrogens (tertiary/aromatic N) is 1. The Hall–Kier alpha value is -2.70. The lowest BCUT2D eigenvalue weighted by Crippen LogP contribution is -2.41. The fourth-order valence-corrected chi connectivity index (χ4v) is 4.23. The molecule has 0 heterocycles. The van der Waals surface area contributed by atoms with Crippen molar-refractivity contribution in [3.8, 4) is 11.5 Å². The van der Waals surface area contributed by atoms with Crippen molar-refractivity contribution in [3.05, 3.63) is 58.2 Å². The highest BCUT2D eigenvalue weighted by atomic mass is 19.2. The summed E-state index contributed by atoms with van der Waals surface area (Å²) in [6, 6.07) is -0.166. The summed E-state index contributed by atoms with van der Waals surface area (Å²) in [5, 5.41) is 0. The lowest BCUT2D eigenvalue weighted by molar-refractivity contribution is 0.111. The Bertz CT molecular complexity index is 972. The van der Waals surface area contributed by atoms with Crippen LogP contribution in [0.4, 0.5) is 43.9 Å². The summed E-state index contributed by atoms with van der Waals surface area (Å²) in [7, 11) is 0. The first-order valence-electron chi connectivity index (χ1n) is 11.6. The van der Waals surface area contributed by atoms with Gasteiger partial charge in [-0.25, -0.2) is 26.3 Å². The third kappa shape index (κ3) is 6.42. The van der Waals surface area contributed by atoms with Crippen LogP contribution in [-0.2, 0) is 0 Å². The van der Waals surface area contributed by atoms with E-state index in [2.05, 4.69) is 0 Å². The van der Waals surface area contributed by atoms with Crippen molar-refractivity contribution in [2.75, 3.05) is 26.3 Å². The molecule has 1 aliphatic rings. The highest BCUT2D eigenvalue weighted by molar-refractivity contribution is 5.30. The summed E-state index contributed by atoms with van der Waals surface area (Å²) < 4.78 is 146.